The Kier molecular flexibility index (Phi) is 4.22. The molecular weight excluding hydrogens is 273 g/mol. The van der Waals surface area contributed by atoms with Gasteiger partial charge >= 0.3 is 0 Å². The number of benzene rings is 1. The molecule has 0 aliphatic carbocycles. The third-order valence-corrected chi connectivity index (χ3v) is 3.24. The number of hydrogen-bond acceptors (Lipinski definition) is 4. The van der Waals surface area contributed by atoms with Crippen molar-refractivity contribution in [2.75, 3.05) is 6.54 Å². The summed E-state index contributed by atoms with van der Waals surface area (Å²) in [6.07, 6.45) is 2.19. The Bertz CT molecular complexity index is 524. The second kappa shape index (κ2) is 5.69. The molecule has 1 aliphatic heterocycles. The van der Waals surface area contributed by atoms with E-state index >= 15 is 0 Å². The van der Waals surface area contributed by atoms with E-state index in [0.717, 1.165) is 24.9 Å². The normalized spacial score (nSPS) is 18.6. The molecule has 6 heteroatoms. The van der Waals surface area contributed by atoms with Crippen LogP contribution in [0.5, 0.6) is 0 Å². The number of halogens is 2. The second-order valence-electron chi connectivity index (χ2n) is 4.09. The third-order valence-electron chi connectivity index (χ3n) is 2.91. The van der Waals surface area contributed by atoms with E-state index in [1.54, 1.807) is 0 Å². The number of hydrogen-bond donors (Lipinski definition) is 1. The first kappa shape index (κ1) is 13.3. The molecular formula is C12H13Cl2N3O. The molecule has 0 saturated carbocycles. The van der Waals surface area contributed by atoms with Gasteiger partial charge in [0.05, 0.1) is 11.1 Å². The molecule has 18 heavy (non-hydrogen) atoms. The average molecular weight is 286 g/mol. The SMILES string of the molecule is Cl.Clc1ccccc1-c1noc(C2CCCN2)n1. The zero-order chi connectivity index (χ0) is 11.7. The van der Waals surface area contributed by atoms with Crippen molar-refractivity contribution in [2.24, 2.45) is 0 Å². The van der Waals surface area contributed by atoms with E-state index in [2.05, 4.69) is 15.5 Å². The van der Waals surface area contributed by atoms with Crippen LogP contribution in [0.1, 0.15) is 24.8 Å². The molecule has 1 aromatic heterocycles. The van der Waals surface area contributed by atoms with E-state index < -0.39 is 0 Å². The molecule has 2 heterocycles. The summed E-state index contributed by atoms with van der Waals surface area (Å²) in [5.74, 6) is 1.21. The van der Waals surface area contributed by atoms with Crippen LogP contribution < -0.4 is 5.32 Å². The molecule has 0 radical (unpaired) electrons. The lowest BCUT2D eigenvalue weighted by atomic mass is 10.2. The van der Waals surface area contributed by atoms with E-state index in [0.29, 0.717) is 16.7 Å². The maximum absolute atomic E-state index is 6.09. The van der Waals surface area contributed by atoms with Gasteiger partial charge in [-0.25, -0.2) is 0 Å². The van der Waals surface area contributed by atoms with Crippen LogP contribution in [0.25, 0.3) is 11.4 Å². The monoisotopic (exact) mass is 285 g/mol. The van der Waals surface area contributed by atoms with Gasteiger partial charge in [0.25, 0.3) is 0 Å². The van der Waals surface area contributed by atoms with E-state index in [4.69, 9.17) is 16.1 Å². The predicted octanol–water partition coefficient (Wildman–Crippen LogP) is 3.24. The maximum Gasteiger partial charge on any atom is 0.244 e. The van der Waals surface area contributed by atoms with E-state index in [1.807, 2.05) is 24.3 Å². The van der Waals surface area contributed by atoms with Crippen LogP contribution in [0.15, 0.2) is 28.8 Å². The first-order valence-corrected chi connectivity index (χ1v) is 6.04. The Morgan fingerprint density at radius 1 is 1.33 bits per heavy atom. The average Bonchev–Trinajstić information content (AvgIpc) is 3.00. The highest BCUT2D eigenvalue weighted by atomic mass is 35.5. The van der Waals surface area contributed by atoms with Gasteiger partial charge in [-0.1, -0.05) is 28.9 Å². The van der Waals surface area contributed by atoms with Crippen molar-refractivity contribution < 1.29 is 4.52 Å². The first-order chi connectivity index (χ1) is 8.34. The largest absolute Gasteiger partial charge is 0.337 e. The fourth-order valence-electron chi connectivity index (χ4n) is 2.02. The van der Waals surface area contributed by atoms with Crippen LogP contribution in [0.3, 0.4) is 0 Å². The molecule has 0 amide bonds. The molecule has 1 aromatic carbocycles. The van der Waals surface area contributed by atoms with E-state index in [1.165, 1.54) is 0 Å². The second-order valence-corrected chi connectivity index (χ2v) is 4.49. The van der Waals surface area contributed by atoms with Gasteiger partial charge in [-0.2, -0.15) is 4.98 Å². The molecule has 1 saturated heterocycles. The molecule has 0 bridgehead atoms. The van der Waals surface area contributed by atoms with Gasteiger partial charge in [0.1, 0.15) is 0 Å². The minimum absolute atomic E-state index is 0. The summed E-state index contributed by atoms with van der Waals surface area (Å²) in [7, 11) is 0. The summed E-state index contributed by atoms with van der Waals surface area (Å²) in [4.78, 5) is 4.40. The van der Waals surface area contributed by atoms with Gasteiger partial charge in [0, 0.05) is 5.56 Å². The lowest BCUT2D eigenvalue weighted by Gasteiger charge is -2.01. The standard InChI is InChI=1S/C12H12ClN3O.ClH/c13-9-5-2-1-4-8(9)11-15-12(17-16-11)10-6-3-7-14-10;/h1-2,4-5,10,14H,3,6-7H2;1H. The van der Waals surface area contributed by atoms with Crippen molar-refractivity contribution in [1.29, 1.82) is 0 Å². The number of nitrogens with one attached hydrogen (secondary N) is 1. The minimum atomic E-state index is 0. The van der Waals surface area contributed by atoms with Crippen LogP contribution in [-0.4, -0.2) is 16.7 Å². The van der Waals surface area contributed by atoms with Gasteiger partial charge in [0.15, 0.2) is 0 Å². The van der Waals surface area contributed by atoms with Gasteiger partial charge in [-0.15, -0.1) is 12.4 Å². The molecule has 0 spiro atoms. The molecule has 1 N–H and O–H groups in total. The summed E-state index contributed by atoms with van der Waals surface area (Å²) in [5.41, 5.74) is 0.808. The smallest absolute Gasteiger partial charge is 0.244 e. The topological polar surface area (TPSA) is 51.0 Å². The van der Waals surface area contributed by atoms with Gasteiger partial charge in [-0.3, -0.25) is 0 Å². The van der Waals surface area contributed by atoms with Crippen molar-refractivity contribution in [1.82, 2.24) is 15.5 Å². The summed E-state index contributed by atoms with van der Waals surface area (Å²) in [5, 5.41) is 7.94. The van der Waals surface area contributed by atoms with Crippen LogP contribution in [0.2, 0.25) is 5.02 Å². The Labute approximate surface area is 116 Å². The summed E-state index contributed by atoms with van der Waals surface area (Å²) < 4.78 is 5.28. The van der Waals surface area contributed by atoms with Crippen molar-refractivity contribution in [3.63, 3.8) is 0 Å². The van der Waals surface area contributed by atoms with Crippen LogP contribution in [-0.2, 0) is 0 Å². The summed E-state index contributed by atoms with van der Waals surface area (Å²) in [6, 6.07) is 7.69. The quantitative estimate of drug-likeness (QED) is 0.920. The molecule has 1 atom stereocenters. The van der Waals surface area contributed by atoms with Crippen LogP contribution in [0, 0.1) is 0 Å². The Balaban J connectivity index is 0.00000120. The maximum atomic E-state index is 6.09. The van der Waals surface area contributed by atoms with Crippen molar-refractivity contribution in [3.8, 4) is 11.4 Å². The third kappa shape index (κ3) is 2.51. The van der Waals surface area contributed by atoms with Gasteiger partial charge < -0.3 is 9.84 Å². The minimum Gasteiger partial charge on any atom is -0.337 e. The Morgan fingerprint density at radius 3 is 2.89 bits per heavy atom. The molecule has 96 valence electrons. The van der Waals surface area contributed by atoms with Gasteiger partial charge in [0.2, 0.25) is 11.7 Å². The lowest BCUT2D eigenvalue weighted by Crippen LogP contribution is -2.12. The van der Waals surface area contributed by atoms with Crippen LogP contribution in [0.4, 0.5) is 0 Å². The van der Waals surface area contributed by atoms with E-state index in [9.17, 15) is 0 Å². The zero-order valence-electron chi connectivity index (χ0n) is 9.60. The van der Waals surface area contributed by atoms with Crippen molar-refractivity contribution >= 4 is 24.0 Å². The highest BCUT2D eigenvalue weighted by Gasteiger charge is 2.23. The van der Waals surface area contributed by atoms with E-state index in [-0.39, 0.29) is 18.4 Å². The molecule has 1 fully saturated rings. The number of nitrogens with zero attached hydrogens (tertiary/aromatic N) is 2. The molecule has 4 nitrogen and oxygen atoms in total. The fraction of sp³-hybridized carbons (Fsp3) is 0.333. The molecule has 1 unspecified atom stereocenters. The lowest BCUT2D eigenvalue weighted by molar-refractivity contribution is 0.345. The number of rotatable bonds is 2. The summed E-state index contributed by atoms with van der Waals surface area (Å²) in [6.45, 7) is 1.01. The zero-order valence-corrected chi connectivity index (χ0v) is 11.2. The molecule has 3 rings (SSSR count). The predicted molar refractivity (Wildman–Crippen MR) is 72.0 cm³/mol. The molecule has 1 aliphatic rings. The van der Waals surface area contributed by atoms with Crippen LogP contribution >= 0.6 is 24.0 Å². The first-order valence-electron chi connectivity index (χ1n) is 5.66. The van der Waals surface area contributed by atoms with Gasteiger partial charge in [-0.05, 0) is 31.5 Å². The Morgan fingerprint density at radius 2 is 2.17 bits per heavy atom. The Hall–Kier alpha value is -1.10. The molecule has 2 aromatic rings. The highest BCUT2D eigenvalue weighted by Crippen LogP contribution is 2.27. The van der Waals surface area contributed by atoms with Crippen molar-refractivity contribution in [3.05, 3.63) is 35.2 Å². The number of aromatic nitrogens is 2. The summed E-state index contributed by atoms with van der Waals surface area (Å²) >= 11 is 6.09. The fourth-order valence-corrected chi connectivity index (χ4v) is 2.24. The highest BCUT2D eigenvalue weighted by molar-refractivity contribution is 6.33. The van der Waals surface area contributed by atoms with Crippen molar-refractivity contribution in [2.45, 2.75) is 18.9 Å².